The van der Waals surface area contributed by atoms with Crippen molar-refractivity contribution in [1.82, 2.24) is 15.2 Å². The average Bonchev–Trinajstić information content (AvgIpc) is 3.27. The van der Waals surface area contributed by atoms with E-state index in [9.17, 15) is 4.79 Å². The molecule has 2 aromatic rings. The van der Waals surface area contributed by atoms with Crippen molar-refractivity contribution in [1.29, 1.82) is 0 Å². The summed E-state index contributed by atoms with van der Waals surface area (Å²) in [7, 11) is 1.69. The minimum atomic E-state index is -0.0490. The van der Waals surface area contributed by atoms with E-state index in [0.717, 1.165) is 32.0 Å². The molecule has 1 aromatic heterocycles. The normalized spacial score (nSPS) is 24.6. The minimum absolute atomic E-state index is 0.0490. The molecule has 1 N–H and O–H groups in total. The van der Waals surface area contributed by atoms with E-state index >= 15 is 0 Å². The van der Waals surface area contributed by atoms with Crippen molar-refractivity contribution >= 4 is 5.91 Å². The third kappa shape index (κ3) is 4.12. The Bertz CT molecular complexity index is 783. The van der Waals surface area contributed by atoms with Crippen molar-refractivity contribution < 1.29 is 14.3 Å². The van der Waals surface area contributed by atoms with Gasteiger partial charge in [-0.25, -0.2) is 0 Å². The quantitative estimate of drug-likeness (QED) is 0.846. The van der Waals surface area contributed by atoms with E-state index in [-0.39, 0.29) is 12.0 Å². The van der Waals surface area contributed by atoms with Crippen LogP contribution in [0.15, 0.2) is 48.8 Å². The van der Waals surface area contributed by atoms with Crippen LogP contribution in [-0.4, -0.2) is 55.2 Å². The second-order valence-electron chi connectivity index (χ2n) is 7.29. The predicted octanol–water partition coefficient (Wildman–Crippen LogP) is 1.97. The molecule has 2 aliphatic rings. The highest BCUT2D eigenvalue weighted by Crippen LogP contribution is 2.34. The lowest BCUT2D eigenvalue weighted by molar-refractivity contribution is 0.0903. The summed E-state index contributed by atoms with van der Waals surface area (Å²) in [5.74, 6) is 1.66. The van der Waals surface area contributed by atoms with Gasteiger partial charge in [-0.2, -0.15) is 0 Å². The van der Waals surface area contributed by atoms with Crippen molar-refractivity contribution in [3.05, 3.63) is 59.9 Å². The highest BCUT2D eigenvalue weighted by atomic mass is 16.5. The van der Waals surface area contributed by atoms with Crippen LogP contribution < -0.4 is 10.1 Å². The molecule has 0 aliphatic carbocycles. The van der Waals surface area contributed by atoms with Crippen molar-refractivity contribution in [3.63, 3.8) is 0 Å². The highest BCUT2D eigenvalue weighted by molar-refractivity contribution is 5.93. The Hall–Kier alpha value is -2.44. The summed E-state index contributed by atoms with van der Waals surface area (Å²) >= 11 is 0. The van der Waals surface area contributed by atoms with E-state index in [4.69, 9.17) is 9.47 Å². The first-order valence-corrected chi connectivity index (χ1v) is 9.38. The number of rotatable bonds is 6. The van der Waals surface area contributed by atoms with E-state index in [2.05, 4.69) is 27.3 Å². The van der Waals surface area contributed by atoms with Crippen LogP contribution in [0.5, 0.6) is 5.75 Å². The zero-order chi connectivity index (χ0) is 18.6. The molecule has 6 heteroatoms. The minimum Gasteiger partial charge on any atom is -0.497 e. The molecule has 0 spiro atoms. The number of fused-ring (bicyclic) bond motifs is 1. The lowest BCUT2D eigenvalue weighted by Crippen LogP contribution is -2.34. The van der Waals surface area contributed by atoms with Gasteiger partial charge >= 0.3 is 0 Å². The number of likely N-dealkylation sites (tertiary alicyclic amines) is 1. The third-order valence-corrected chi connectivity index (χ3v) is 5.52. The number of aromatic nitrogens is 1. The summed E-state index contributed by atoms with van der Waals surface area (Å²) in [6, 6.07) is 11.7. The number of hydrogen-bond acceptors (Lipinski definition) is 5. The average molecular weight is 367 g/mol. The maximum Gasteiger partial charge on any atom is 0.251 e. The molecule has 2 aliphatic heterocycles. The molecule has 3 heterocycles. The standard InChI is InChI=1S/C21H25N3O3/c1-26-18-4-2-3-15(9-18)11-24-12-19-17(14-27-20(19)13-24)10-23-21(25)16-5-7-22-8-6-16/h2-9,17,19-20H,10-14H2,1H3,(H,23,25)/t17-,19-,20-/m0/s1. The summed E-state index contributed by atoms with van der Waals surface area (Å²) in [6.07, 6.45) is 3.53. The number of nitrogens with zero attached hydrogens (tertiary/aromatic N) is 2. The zero-order valence-corrected chi connectivity index (χ0v) is 15.5. The fourth-order valence-electron chi connectivity index (χ4n) is 4.08. The molecule has 1 amide bonds. The predicted molar refractivity (Wildman–Crippen MR) is 102 cm³/mol. The largest absolute Gasteiger partial charge is 0.497 e. The molecule has 2 saturated heterocycles. The SMILES string of the molecule is COc1cccc(CN2C[C@H]3[C@@H](CNC(=O)c4ccncc4)CO[C@H]3C2)c1. The molecule has 0 saturated carbocycles. The number of hydrogen-bond donors (Lipinski definition) is 1. The summed E-state index contributed by atoms with van der Waals surface area (Å²) in [5.41, 5.74) is 1.89. The third-order valence-electron chi connectivity index (χ3n) is 5.52. The van der Waals surface area contributed by atoms with Gasteiger partial charge in [0.15, 0.2) is 0 Å². The van der Waals surface area contributed by atoms with Crippen LogP contribution in [0, 0.1) is 11.8 Å². The summed E-state index contributed by atoms with van der Waals surface area (Å²) in [5, 5.41) is 3.05. The van der Waals surface area contributed by atoms with E-state index in [1.54, 1.807) is 31.6 Å². The number of amides is 1. The van der Waals surface area contributed by atoms with Crippen molar-refractivity contribution in [2.75, 3.05) is 33.4 Å². The van der Waals surface area contributed by atoms with Crippen molar-refractivity contribution in [2.45, 2.75) is 12.6 Å². The molecule has 27 heavy (non-hydrogen) atoms. The highest BCUT2D eigenvalue weighted by Gasteiger charge is 2.43. The van der Waals surface area contributed by atoms with Gasteiger partial charge in [-0.1, -0.05) is 12.1 Å². The van der Waals surface area contributed by atoms with Crippen LogP contribution in [0.4, 0.5) is 0 Å². The topological polar surface area (TPSA) is 63.7 Å². The lowest BCUT2D eigenvalue weighted by atomic mass is 9.93. The van der Waals surface area contributed by atoms with Crippen LogP contribution in [0.2, 0.25) is 0 Å². The molecule has 2 fully saturated rings. The molecule has 1 aromatic carbocycles. The van der Waals surface area contributed by atoms with Crippen LogP contribution in [0.25, 0.3) is 0 Å². The Morgan fingerprint density at radius 3 is 2.96 bits per heavy atom. The zero-order valence-electron chi connectivity index (χ0n) is 15.5. The number of pyridine rings is 1. The second kappa shape index (κ2) is 8.06. The molecule has 142 valence electrons. The molecular formula is C21H25N3O3. The monoisotopic (exact) mass is 367 g/mol. The molecule has 3 atom stereocenters. The van der Waals surface area contributed by atoms with Crippen LogP contribution >= 0.6 is 0 Å². The molecule has 0 radical (unpaired) electrons. The van der Waals surface area contributed by atoms with E-state index in [1.807, 2.05) is 12.1 Å². The number of carbonyl (C=O) groups excluding carboxylic acids is 1. The maximum absolute atomic E-state index is 12.3. The Labute approximate surface area is 159 Å². The first-order valence-electron chi connectivity index (χ1n) is 9.38. The molecule has 0 unspecified atom stereocenters. The Morgan fingerprint density at radius 1 is 1.30 bits per heavy atom. The second-order valence-corrected chi connectivity index (χ2v) is 7.29. The fraction of sp³-hybridized carbons (Fsp3) is 0.429. The van der Waals surface area contributed by atoms with Crippen LogP contribution in [0.1, 0.15) is 15.9 Å². The number of methoxy groups -OCH3 is 1. The number of benzene rings is 1. The fourth-order valence-corrected chi connectivity index (χ4v) is 4.08. The maximum atomic E-state index is 12.3. The molecule has 6 nitrogen and oxygen atoms in total. The Kier molecular flexibility index (Phi) is 5.36. The van der Waals surface area contributed by atoms with Gasteiger partial charge in [0.25, 0.3) is 5.91 Å². The first kappa shape index (κ1) is 17.9. The van der Waals surface area contributed by atoms with Gasteiger partial charge in [0, 0.05) is 56.0 Å². The van der Waals surface area contributed by atoms with Crippen LogP contribution in [0.3, 0.4) is 0 Å². The Morgan fingerprint density at radius 2 is 2.15 bits per heavy atom. The van der Waals surface area contributed by atoms with Crippen molar-refractivity contribution in [2.24, 2.45) is 11.8 Å². The molecule has 4 rings (SSSR count). The van der Waals surface area contributed by atoms with Gasteiger partial charge in [0.05, 0.1) is 19.8 Å². The van der Waals surface area contributed by atoms with Gasteiger partial charge in [-0.15, -0.1) is 0 Å². The van der Waals surface area contributed by atoms with Gasteiger partial charge in [-0.3, -0.25) is 14.7 Å². The number of ether oxygens (including phenoxy) is 2. The number of carbonyl (C=O) groups is 1. The smallest absolute Gasteiger partial charge is 0.251 e. The van der Waals surface area contributed by atoms with Gasteiger partial charge in [0.1, 0.15) is 5.75 Å². The van der Waals surface area contributed by atoms with Gasteiger partial charge in [-0.05, 0) is 29.8 Å². The number of nitrogens with one attached hydrogen (secondary N) is 1. The summed E-state index contributed by atoms with van der Waals surface area (Å²) in [6.45, 7) is 4.20. The van der Waals surface area contributed by atoms with E-state index in [1.165, 1.54) is 5.56 Å². The molecular weight excluding hydrogens is 342 g/mol. The van der Waals surface area contributed by atoms with Crippen LogP contribution in [-0.2, 0) is 11.3 Å². The molecule has 0 bridgehead atoms. The van der Waals surface area contributed by atoms with E-state index in [0.29, 0.717) is 23.9 Å². The van der Waals surface area contributed by atoms with E-state index < -0.39 is 0 Å². The van der Waals surface area contributed by atoms with Gasteiger partial charge < -0.3 is 14.8 Å². The van der Waals surface area contributed by atoms with Gasteiger partial charge in [0.2, 0.25) is 0 Å². The summed E-state index contributed by atoms with van der Waals surface area (Å²) in [4.78, 5) is 18.6. The van der Waals surface area contributed by atoms with Crippen molar-refractivity contribution in [3.8, 4) is 5.75 Å². The lowest BCUT2D eigenvalue weighted by Gasteiger charge is -2.20. The Balaban J connectivity index is 1.31. The summed E-state index contributed by atoms with van der Waals surface area (Å²) < 4.78 is 11.3. The first-order chi connectivity index (χ1) is 13.2.